The lowest BCUT2D eigenvalue weighted by molar-refractivity contribution is -0.156. The summed E-state index contributed by atoms with van der Waals surface area (Å²) in [7, 11) is 0. The van der Waals surface area contributed by atoms with E-state index < -0.39 is 17.6 Å². The Hall–Kier alpha value is -2.82. The molecule has 0 aromatic heterocycles. The van der Waals surface area contributed by atoms with Gasteiger partial charge >= 0.3 is 5.97 Å². The van der Waals surface area contributed by atoms with Gasteiger partial charge in [-0.25, -0.2) is 0 Å². The van der Waals surface area contributed by atoms with Gasteiger partial charge in [0.15, 0.2) is 0 Å². The molecule has 2 aliphatic heterocycles. The number of aryl methyl sites for hydroxylation is 1. The molecular weight excluding hydrogens is 480 g/mol. The lowest BCUT2D eigenvalue weighted by atomic mass is 10.0. The standard InChI is InChI=1S/C27H38N2O8/c1-27(2,3)37-24(31)10-12-35-14-16-36-15-13-34-11-4-5-19-6-7-21-20(17-19)18-29(26(21)33)22-8-9-23(30)28-25(22)32/h6-7,17,22H,4-5,8-16,18H2,1-3H3,(H,28,30,32). The number of hydrogen-bond acceptors (Lipinski definition) is 8. The fraction of sp³-hybridized carbons (Fsp3) is 0.630. The van der Waals surface area contributed by atoms with E-state index in [0.29, 0.717) is 58.2 Å². The largest absolute Gasteiger partial charge is 0.460 e. The molecule has 0 bridgehead atoms. The second kappa shape index (κ2) is 13.6. The Bertz CT molecular complexity index is 972. The van der Waals surface area contributed by atoms with Crippen LogP contribution in [0, 0.1) is 0 Å². The van der Waals surface area contributed by atoms with Gasteiger partial charge in [0.2, 0.25) is 11.8 Å². The molecule has 204 valence electrons. The predicted molar refractivity (Wildman–Crippen MR) is 134 cm³/mol. The van der Waals surface area contributed by atoms with E-state index in [9.17, 15) is 19.2 Å². The number of piperidine rings is 1. The number of nitrogens with one attached hydrogen (secondary N) is 1. The fourth-order valence-corrected chi connectivity index (χ4v) is 4.25. The summed E-state index contributed by atoms with van der Waals surface area (Å²) in [5.74, 6) is -1.12. The van der Waals surface area contributed by atoms with Gasteiger partial charge in [0.25, 0.3) is 5.91 Å². The smallest absolute Gasteiger partial charge is 0.308 e. The quantitative estimate of drug-likeness (QED) is 0.226. The number of carbonyl (C=O) groups excluding carboxylic acids is 4. The van der Waals surface area contributed by atoms with Gasteiger partial charge in [-0.3, -0.25) is 24.5 Å². The van der Waals surface area contributed by atoms with Gasteiger partial charge in [-0.05, 0) is 57.2 Å². The third-order valence-corrected chi connectivity index (χ3v) is 5.96. The highest BCUT2D eigenvalue weighted by molar-refractivity contribution is 6.05. The highest BCUT2D eigenvalue weighted by Gasteiger charge is 2.39. The average Bonchev–Trinajstić information content (AvgIpc) is 3.14. The second-order valence-electron chi connectivity index (χ2n) is 10.2. The molecule has 3 rings (SSSR count). The van der Waals surface area contributed by atoms with E-state index in [1.54, 1.807) is 4.90 Å². The van der Waals surface area contributed by atoms with E-state index in [0.717, 1.165) is 24.0 Å². The van der Waals surface area contributed by atoms with Crippen molar-refractivity contribution in [2.75, 3.05) is 39.6 Å². The zero-order valence-corrected chi connectivity index (χ0v) is 22.0. The normalized spacial score (nSPS) is 17.6. The van der Waals surface area contributed by atoms with Crippen molar-refractivity contribution in [3.63, 3.8) is 0 Å². The van der Waals surface area contributed by atoms with Gasteiger partial charge < -0.3 is 23.8 Å². The summed E-state index contributed by atoms with van der Waals surface area (Å²) < 4.78 is 21.7. The first-order chi connectivity index (χ1) is 17.6. The van der Waals surface area contributed by atoms with Gasteiger partial charge in [-0.1, -0.05) is 12.1 Å². The molecule has 1 saturated heterocycles. The number of amides is 3. The van der Waals surface area contributed by atoms with Gasteiger partial charge in [-0.15, -0.1) is 0 Å². The van der Waals surface area contributed by atoms with Crippen molar-refractivity contribution in [2.24, 2.45) is 0 Å². The molecule has 1 atom stereocenters. The lowest BCUT2D eigenvalue weighted by Crippen LogP contribution is -2.52. The van der Waals surface area contributed by atoms with Crippen LogP contribution in [0.15, 0.2) is 18.2 Å². The SMILES string of the molecule is CC(C)(C)OC(=O)CCOCCOCCOCCCc1ccc2c(c1)CN(C1CCC(=O)NC1=O)C2=O. The number of nitrogens with zero attached hydrogens (tertiary/aromatic N) is 1. The fourth-order valence-electron chi connectivity index (χ4n) is 4.25. The minimum atomic E-state index is -0.597. The van der Waals surface area contributed by atoms with Gasteiger partial charge in [0.1, 0.15) is 11.6 Å². The molecule has 0 saturated carbocycles. The van der Waals surface area contributed by atoms with E-state index >= 15 is 0 Å². The zero-order valence-electron chi connectivity index (χ0n) is 22.0. The zero-order chi connectivity index (χ0) is 26.8. The van der Waals surface area contributed by atoms with E-state index in [1.165, 1.54) is 0 Å². The summed E-state index contributed by atoms with van der Waals surface area (Å²) in [4.78, 5) is 49.5. The molecule has 1 fully saturated rings. The molecule has 1 N–H and O–H groups in total. The molecule has 0 spiro atoms. The summed E-state index contributed by atoms with van der Waals surface area (Å²) in [5.41, 5.74) is 2.16. The third-order valence-electron chi connectivity index (χ3n) is 5.96. The molecule has 2 heterocycles. The monoisotopic (exact) mass is 518 g/mol. The van der Waals surface area contributed by atoms with Gasteiger partial charge in [-0.2, -0.15) is 0 Å². The van der Waals surface area contributed by atoms with Crippen molar-refractivity contribution in [1.29, 1.82) is 0 Å². The third kappa shape index (κ3) is 9.21. The van der Waals surface area contributed by atoms with Crippen molar-refractivity contribution in [1.82, 2.24) is 10.2 Å². The van der Waals surface area contributed by atoms with Crippen LogP contribution in [0.1, 0.15) is 67.9 Å². The molecule has 1 unspecified atom stereocenters. The van der Waals surface area contributed by atoms with Crippen molar-refractivity contribution in [3.05, 3.63) is 34.9 Å². The number of rotatable bonds is 14. The number of imide groups is 1. The van der Waals surface area contributed by atoms with Crippen LogP contribution in [0.25, 0.3) is 0 Å². The molecule has 10 heteroatoms. The first-order valence-corrected chi connectivity index (χ1v) is 12.9. The van der Waals surface area contributed by atoms with Crippen molar-refractivity contribution < 1.29 is 38.1 Å². The van der Waals surface area contributed by atoms with Crippen LogP contribution in [0.5, 0.6) is 0 Å². The minimum absolute atomic E-state index is 0.159. The van der Waals surface area contributed by atoms with Crippen LogP contribution in [-0.4, -0.2) is 79.9 Å². The Morgan fingerprint density at radius 3 is 2.35 bits per heavy atom. The maximum atomic E-state index is 12.8. The Morgan fingerprint density at radius 2 is 1.68 bits per heavy atom. The van der Waals surface area contributed by atoms with Crippen molar-refractivity contribution >= 4 is 23.7 Å². The predicted octanol–water partition coefficient (Wildman–Crippen LogP) is 2.16. The molecule has 2 aliphatic rings. The van der Waals surface area contributed by atoms with E-state index in [2.05, 4.69) is 5.32 Å². The topological polar surface area (TPSA) is 120 Å². The number of fused-ring (bicyclic) bond motifs is 1. The van der Waals surface area contributed by atoms with Crippen LogP contribution in [0.4, 0.5) is 0 Å². The average molecular weight is 519 g/mol. The Morgan fingerprint density at radius 1 is 1.00 bits per heavy atom. The summed E-state index contributed by atoms with van der Waals surface area (Å²) in [6.07, 6.45) is 2.47. The van der Waals surface area contributed by atoms with Crippen molar-refractivity contribution in [3.8, 4) is 0 Å². The van der Waals surface area contributed by atoms with E-state index in [-0.39, 0.29) is 30.6 Å². The summed E-state index contributed by atoms with van der Waals surface area (Å²) >= 11 is 0. The van der Waals surface area contributed by atoms with Crippen LogP contribution in [-0.2, 0) is 46.3 Å². The Labute approximate surface area is 217 Å². The molecule has 1 aromatic carbocycles. The van der Waals surface area contributed by atoms with Crippen molar-refractivity contribution in [2.45, 2.75) is 71.1 Å². The molecule has 0 aliphatic carbocycles. The summed E-state index contributed by atoms with van der Waals surface area (Å²) in [5, 5.41) is 2.32. The highest BCUT2D eigenvalue weighted by Crippen LogP contribution is 2.28. The highest BCUT2D eigenvalue weighted by atomic mass is 16.6. The Balaban J connectivity index is 1.23. The summed E-state index contributed by atoms with van der Waals surface area (Å²) in [6, 6.07) is 5.19. The Kier molecular flexibility index (Phi) is 10.6. The number of esters is 1. The van der Waals surface area contributed by atoms with Crippen LogP contribution >= 0.6 is 0 Å². The maximum absolute atomic E-state index is 12.8. The maximum Gasteiger partial charge on any atom is 0.308 e. The summed E-state index contributed by atoms with van der Waals surface area (Å²) in [6.45, 7) is 8.56. The molecule has 1 aromatic rings. The first-order valence-electron chi connectivity index (χ1n) is 12.9. The van der Waals surface area contributed by atoms with E-state index in [1.807, 2.05) is 39.0 Å². The minimum Gasteiger partial charge on any atom is -0.460 e. The van der Waals surface area contributed by atoms with Gasteiger partial charge in [0.05, 0.1) is 39.5 Å². The first kappa shape index (κ1) is 28.7. The van der Waals surface area contributed by atoms with Crippen LogP contribution in [0.2, 0.25) is 0 Å². The lowest BCUT2D eigenvalue weighted by Gasteiger charge is -2.29. The van der Waals surface area contributed by atoms with Crippen LogP contribution < -0.4 is 5.32 Å². The van der Waals surface area contributed by atoms with Gasteiger partial charge in [0, 0.05) is 25.1 Å². The number of benzene rings is 1. The van der Waals surface area contributed by atoms with E-state index in [4.69, 9.17) is 18.9 Å². The molecule has 3 amide bonds. The second-order valence-corrected chi connectivity index (χ2v) is 10.2. The number of ether oxygens (including phenoxy) is 4. The molecular formula is C27H38N2O8. The number of carbonyl (C=O) groups is 4. The molecule has 10 nitrogen and oxygen atoms in total. The number of hydrogen-bond donors (Lipinski definition) is 1. The van der Waals surface area contributed by atoms with Crippen LogP contribution in [0.3, 0.4) is 0 Å². The molecule has 37 heavy (non-hydrogen) atoms. The molecule has 0 radical (unpaired) electrons.